The Kier molecular flexibility index (Phi) is 4.70. The standard InChI is InChI=1S/C19H29N3O2/c1-14-12-15(13-20-17(14)21-9-5-6-10-21)16-8-7-11-22(16)18(23)24-19(2,3)4/h12-13,16H,5-11H2,1-4H3/t16-/m1/s1. The van der Waals surface area contributed by atoms with Crippen molar-refractivity contribution in [2.75, 3.05) is 24.5 Å². The van der Waals surface area contributed by atoms with Crippen molar-refractivity contribution in [3.8, 4) is 0 Å². The first-order valence-electron chi connectivity index (χ1n) is 9.06. The fraction of sp³-hybridized carbons (Fsp3) is 0.684. The molecule has 5 nitrogen and oxygen atoms in total. The van der Waals surface area contributed by atoms with Crippen LogP contribution in [-0.4, -0.2) is 41.2 Å². The lowest BCUT2D eigenvalue weighted by Gasteiger charge is -2.29. The third-order valence-electron chi connectivity index (χ3n) is 4.74. The minimum absolute atomic E-state index is 0.0821. The van der Waals surface area contributed by atoms with E-state index in [0.717, 1.165) is 43.9 Å². The van der Waals surface area contributed by atoms with Gasteiger partial charge in [0.05, 0.1) is 6.04 Å². The highest BCUT2D eigenvalue weighted by Crippen LogP contribution is 2.34. The molecule has 1 aromatic rings. The maximum absolute atomic E-state index is 12.5. The predicted molar refractivity (Wildman–Crippen MR) is 95.3 cm³/mol. The fourth-order valence-corrected chi connectivity index (χ4v) is 3.68. The molecule has 2 saturated heterocycles. The van der Waals surface area contributed by atoms with E-state index < -0.39 is 5.60 Å². The lowest BCUT2D eigenvalue weighted by molar-refractivity contribution is 0.0224. The zero-order chi connectivity index (χ0) is 17.3. The average Bonchev–Trinajstić information content (AvgIpc) is 3.17. The molecule has 1 aromatic heterocycles. The van der Waals surface area contributed by atoms with Gasteiger partial charge in [-0.1, -0.05) is 0 Å². The van der Waals surface area contributed by atoms with E-state index in [2.05, 4.69) is 17.9 Å². The Morgan fingerprint density at radius 3 is 2.54 bits per heavy atom. The van der Waals surface area contributed by atoms with Crippen LogP contribution >= 0.6 is 0 Å². The number of hydrogen-bond acceptors (Lipinski definition) is 4. The van der Waals surface area contributed by atoms with Gasteiger partial charge in [-0.05, 0) is 70.6 Å². The quantitative estimate of drug-likeness (QED) is 0.820. The summed E-state index contributed by atoms with van der Waals surface area (Å²) in [6.45, 7) is 10.8. The van der Waals surface area contributed by atoms with Crippen molar-refractivity contribution in [2.24, 2.45) is 0 Å². The summed E-state index contributed by atoms with van der Waals surface area (Å²) in [4.78, 5) is 21.4. The third-order valence-corrected chi connectivity index (χ3v) is 4.74. The molecule has 1 atom stereocenters. The van der Waals surface area contributed by atoms with Crippen LogP contribution in [0.4, 0.5) is 10.6 Å². The number of aryl methyl sites for hydroxylation is 1. The van der Waals surface area contributed by atoms with Gasteiger partial charge < -0.3 is 14.5 Å². The lowest BCUT2D eigenvalue weighted by atomic mass is 10.0. The molecule has 2 aliphatic rings. The monoisotopic (exact) mass is 331 g/mol. The van der Waals surface area contributed by atoms with E-state index >= 15 is 0 Å². The summed E-state index contributed by atoms with van der Waals surface area (Å²) in [6, 6.07) is 2.28. The first kappa shape index (κ1) is 17.1. The average molecular weight is 331 g/mol. The SMILES string of the molecule is Cc1cc([C@H]2CCCN2C(=O)OC(C)(C)C)cnc1N1CCCC1. The summed E-state index contributed by atoms with van der Waals surface area (Å²) in [5, 5.41) is 0. The van der Waals surface area contributed by atoms with Crippen molar-refractivity contribution in [1.82, 2.24) is 9.88 Å². The molecule has 5 heteroatoms. The molecule has 0 saturated carbocycles. The van der Waals surface area contributed by atoms with Crippen LogP contribution in [0.2, 0.25) is 0 Å². The molecule has 0 aliphatic carbocycles. The number of carbonyl (C=O) groups excluding carboxylic acids is 1. The molecule has 1 amide bonds. The van der Waals surface area contributed by atoms with E-state index in [-0.39, 0.29) is 12.1 Å². The normalized spacial score (nSPS) is 21.4. The molecule has 0 bridgehead atoms. The van der Waals surface area contributed by atoms with Crippen molar-refractivity contribution in [3.05, 3.63) is 23.4 Å². The fourth-order valence-electron chi connectivity index (χ4n) is 3.68. The van der Waals surface area contributed by atoms with Crippen LogP contribution in [0.15, 0.2) is 12.3 Å². The Bertz CT molecular complexity index is 603. The molecule has 2 fully saturated rings. The van der Waals surface area contributed by atoms with Crippen LogP contribution in [0.25, 0.3) is 0 Å². The van der Waals surface area contributed by atoms with Crippen molar-refractivity contribution in [2.45, 2.75) is 65.0 Å². The van der Waals surface area contributed by atoms with Gasteiger partial charge in [0.1, 0.15) is 11.4 Å². The largest absolute Gasteiger partial charge is 0.444 e. The Hall–Kier alpha value is -1.78. The molecule has 0 aromatic carbocycles. The highest BCUT2D eigenvalue weighted by atomic mass is 16.6. The Morgan fingerprint density at radius 2 is 1.92 bits per heavy atom. The summed E-state index contributed by atoms with van der Waals surface area (Å²) in [7, 11) is 0. The van der Waals surface area contributed by atoms with Crippen LogP contribution < -0.4 is 4.90 Å². The Morgan fingerprint density at radius 1 is 1.21 bits per heavy atom. The number of amides is 1. The topological polar surface area (TPSA) is 45.7 Å². The van der Waals surface area contributed by atoms with Gasteiger partial charge in [-0.2, -0.15) is 0 Å². The van der Waals surface area contributed by atoms with Crippen LogP contribution in [0.5, 0.6) is 0 Å². The molecule has 132 valence electrons. The van der Waals surface area contributed by atoms with Crippen molar-refractivity contribution in [3.63, 3.8) is 0 Å². The number of likely N-dealkylation sites (tertiary alicyclic amines) is 1. The molecule has 0 N–H and O–H groups in total. The van der Waals surface area contributed by atoms with E-state index in [1.807, 2.05) is 31.9 Å². The van der Waals surface area contributed by atoms with Gasteiger partial charge >= 0.3 is 6.09 Å². The van der Waals surface area contributed by atoms with Gasteiger partial charge in [-0.15, -0.1) is 0 Å². The number of hydrogen-bond donors (Lipinski definition) is 0. The van der Waals surface area contributed by atoms with E-state index in [9.17, 15) is 4.79 Å². The molecule has 0 radical (unpaired) electrons. The van der Waals surface area contributed by atoms with E-state index in [4.69, 9.17) is 9.72 Å². The van der Waals surface area contributed by atoms with Gasteiger partial charge in [-0.25, -0.2) is 9.78 Å². The molecule has 3 heterocycles. The van der Waals surface area contributed by atoms with Gasteiger partial charge in [0.15, 0.2) is 0 Å². The summed E-state index contributed by atoms with van der Waals surface area (Å²) in [5.41, 5.74) is 1.86. The minimum Gasteiger partial charge on any atom is -0.444 e. The number of rotatable bonds is 2. The lowest BCUT2D eigenvalue weighted by Crippen LogP contribution is -2.36. The number of aromatic nitrogens is 1. The van der Waals surface area contributed by atoms with E-state index in [1.165, 1.54) is 18.4 Å². The second-order valence-electron chi connectivity index (χ2n) is 7.94. The van der Waals surface area contributed by atoms with Gasteiger partial charge in [-0.3, -0.25) is 0 Å². The molecule has 3 rings (SSSR count). The molecule has 24 heavy (non-hydrogen) atoms. The highest BCUT2D eigenvalue weighted by molar-refractivity contribution is 5.69. The van der Waals surface area contributed by atoms with Crippen LogP contribution in [0, 0.1) is 6.92 Å². The third kappa shape index (κ3) is 3.65. The summed E-state index contributed by atoms with van der Waals surface area (Å²) in [6.07, 6.45) is 6.22. The second-order valence-corrected chi connectivity index (χ2v) is 7.94. The van der Waals surface area contributed by atoms with E-state index in [0.29, 0.717) is 0 Å². The molecular weight excluding hydrogens is 302 g/mol. The Labute approximate surface area is 145 Å². The first-order chi connectivity index (χ1) is 11.3. The molecule has 2 aliphatic heterocycles. The van der Waals surface area contributed by atoms with E-state index in [1.54, 1.807) is 0 Å². The number of anilines is 1. The van der Waals surface area contributed by atoms with Crippen molar-refractivity contribution >= 4 is 11.9 Å². The second kappa shape index (κ2) is 6.61. The maximum atomic E-state index is 12.5. The number of carbonyl (C=O) groups is 1. The van der Waals surface area contributed by atoms with Crippen molar-refractivity contribution in [1.29, 1.82) is 0 Å². The van der Waals surface area contributed by atoms with Crippen molar-refractivity contribution < 1.29 is 9.53 Å². The van der Waals surface area contributed by atoms with Gasteiger partial charge in [0.2, 0.25) is 0 Å². The van der Waals surface area contributed by atoms with Gasteiger partial charge in [0, 0.05) is 25.8 Å². The smallest absolute Gasteiger partial charge is 0.410 e. The van der Waals surface area contributed by atoms with Gasteiger partial charge in [0.25, 0.3) is 0 Å². The first-order valence-corrected chi connectivity index (χ1v) is 9.06. The minimum atomic E-state index is -0.460. The molecular formula is C19H29N3O2. The Balaban J connectivity index is 1.77. The zero-order valence-corrected chi connectivity index (χ0v) is 15.3. The summed E-state index contributed by atoms with van der Waals surface area (Å²) >= 11 is 0. The van der Waals surface area contributed by atoms with Crippen LogP contribution in [-0.2, 0) is 4.74 Å². The summed E-state index contributed by atoms with van der Waals surface area (Å²) < 4.78 is 5.57. The number of nitrogens with zero attached hydrogens (tertiary/aromatic N) is 3. The predicted octanol–water partition coefficient (Wildman–Crippen LogP) is 4.06. The van der Waals surface area contributed by atoms with Crippen LogP contribution in [0.3, 0.4) is 0 Å². The molecule has 0 spiro atoms. The number of ether oxygens (including phenoxy) is 1. The zero-order valence-electron chi connectivity index (χ0n) is 15.3. The van der Waals surface area contributed by atoms with Crippen LogP contribution in [0.1, 0.15) is 63.6 Å². The number of pyridine rings is 1. The maximum Gasteiger partial charge on any atom is 0.410 e. The molecule has 0 unspecified atom stereocenters. The highest BCUT2D eigenvalue weighted by Gasteiger charge is 2.33. The summed E-state index contributed by atoms with van der Waals surface area (Å²) in [5.74, 6) is 1.10.